The first-order valence-corrected chi connectivity index (χ1v) is 8.80. The van der Waals surface area contributed by atoms with Crippen LogP contribution in [0.3, 0.4) is 0 Å². The molecular formula is C19H30N2. The molecule has 1 aromatic rings. The molecule has 0 aliphatic carbocycles. The van der Waals surface area contributed by atoms with Crippen LogP contribution < -0.4 is 10.2 Å². The molecule has 2 heterocycles. The first-order chi connectivity index (χ1) is 10.2. The average molecular weight is 286 g/mol. The fourth-order valence-electron chi connectivity index (χ4n) is 4.03. The van der Waals surface area contributed by atoms with Crippen LogP contribution in [0.1, 0.15) is 58.4 Å². The molecule has 1 saturated heterocycles. The van der Waals surface area contributed by atoms with E-state index in [1.807, 2.05) is 0 Å². The van der Waals surface area contributed by atoms with Crippen LogP contribution in [0.5, 0.6) is 0 Å². The van der Waals surface area contributed by atoms with Crippen LogP contribution in [0.25, 0.3) is 0 Å². The number of fused-ring (bicyclic) bond motifs is 1. The van der Waals surface area contributed by atoms with Crippen LogP contribution in [0.15, 0.2) is 18.2 Å². The lowest BCUT2D eigenvalue weighted by atomic mass is 9.74. The summed E-state index contributed by atoms with van der Waals surface area (Å²) < 4.78 is 0. The van der Waals surface area contributed by atoms with E-state index in [0.29, 0.717) is 11.5 Å². The number of nitrogens with one attached hydrogen (secondary N) is 1. The molecule has 1 N–H and O–H groups in total. The molecule has 0 spiro atoms. The van der Waals surface area contributed by atoms with Gasteiger partial charge in [-0.1, -0.05) is 26.7 Å². The van der Waals surface area contributed by atoms with Crippen LogP contribution in [-0.2, 0) is 6.42 Å². The second kappa shape index (κ2) is 5.90. The Morgan fingerprint density at radius 3 is 2.57 bits per heavy atom. The summed E-state index contributed by atoms with van der Waals surface area (Å²) in [6.45, 7) is 9.46. The number of piperidine rings is 1. The van der Waals surface area contributed by atoms with E-state index in [2.05, 4.69) is 49.2 Å². The Hall–Kier alpha value is -1.18. The highest BCUT2D eigenvalue weighted by molar-refractivity contribution is 5.62. The summed E-state index contributed by atoms with van der Waals surface area (Å²) >= 11 is 0. The highest BCUT2D eigenvalue weighted by Gasteiger charge is 2.31. The lowest BCUT2D eigenvalue weighted by Gasteiger charge is -2.42. The van der Waals surface area contributed by atoms with E-state index in [1.165, 1.54) is 68.6 Å². The molecule has 1 atom stereocenters. The summed E-state index contributed by atoms with van der Waals surface area (Å²) in [6.07, 6.45) is 7.86. The molecule has 0 aromatic heterocycles. The number of anilines is 2. The van der Waals surface area contributed by atoms with Crippen molar-refractivity contribution in [1.82, 2.24) is 0 Å². The van der Waals surface area contributed by atoms with Gasteiger partial charge in [-0.3, -0.25) is 0 Å². The third-order valence-corrected chi connectivity index (χ3v) is 6.03. The fourth-order valence-corrected chi connectivity index (χ4v) is 4.03. The standard InChI is InChI=1S/C19H30N2/c1-4-19(5-2)10-12-21(13-11-19)17-8-9-18-16(14-17)7-6-15(3)20-18/h8-9,14-15,20H,4-7,10-13H2,1-3H3. The van der Waals surface area contributed by atoms with Gasteiger partial charge >= 0.3 is 0 Å². The van der Waals surface area contributed by atoms with Crippen molar-refractivity contribution in [2.75, 3.05) is 23.3 Å². The van der Waals surface area contributed by atoms with Gasteiger partial charge < -0.3 is 10.2 Å². The van der Waals surface area contributed by atoms with Crippen molar-refractivity contribution in [1.29, 1.82) is 0 Å². The van der Waals surface area contributed by atoms with E-state index < -0.39 is 0 Å². The molecule has 2 nitrogen and oxygen atoms in total. The summed E-state index contributed by atoms with van der Waals surface area (Å²) in [5.74, 6) is 0. The van der Waals surface area contributed by atoms with E-state index in [9.17, 15) is 0 Å². The summed E-state index contributed by atoms with van der Waals surface area (Å²) in [5.41, 5.74) is 4.91. The zero-order chi connectivity index (χ0) is 14.9. The van der Waals surface area contributed by atoms with Crippen LogP contribution in [-0.4, -0.2) is 19.1 Å². The zero-order valence-corrected chi connectivity index (χ0v) is 13.9. The number of benzene rings is 1. The van der Waals surface area contributed by atoms with Gasteiger partial charge in [0.2, 0.25) is 0 Å². The van der Waals surface area contributed by atoms with Gasteiger partial charge in [-0.15, -0.1) is 0 Å². The zero-order valence-electron chi connectivity index (χ0n) is 13.9. The van der Waals surface area contributed by atoms with E-state index in [1.54, 1.807) is 0 Å². The second-order valence-corrected chi connectivity index (χ2v) is 7.12. The van der Waals surface area contributed by atoms with Crippen molar-refractivity contribution in [2.45, 2.75) is 65.3 Å². The summed E-state index contributed by atoms with van der Waals surface area (Å²) in [4.78, 5) is 2.60. The summed E-state index contributed by atoms with van der Waals surface area (Å²) in [7, 11) is 0. The summed E-state index contributed by atoms with van der Waals surface area (Å²) in [6, 6.07) is 7.66. The molecule has 2 heteroatoms. The van der Waals surface area contributed by atoms with Crippen molar-refractivity contribution >= 4 is 11.4 Å². The Kier molecular flexibility index (Phi) is 4.14. The van der Waals surface area contributed by atoms with E-state index in [-0.39, 0.29) is 0 Å². The maximum Gasteiger partial charge on any atom is 0.0376 e. The first-order valence-electron chi connectivity index (χ1n) is 8.80. The number of hydrogen-bond acceptors (Lipinski definition) is 2. The Morgan fingerprint density at radius 1 is 1.19 bits per heavy atom. The minimum Gasteiger partial charge on any atom is -0.382 e. The number of nitrogens with zero attached hydrogens (tertiary/aromatic N) is 1. The Labute approximate surface area is 129 Å². The predicted molar refractivity (Wildman–Crippen MR) is 92.3 cm³/mol. The molecule has 3 rings (SSSR count). The van der Waals surface area contributed by atoms with Crippen molar-refractivity contribution in [3.8, 4) is 0 Å². The quantitative estimate of drug-likeness (QED) is 0.855. The lowest BCUT2D eigenvalue weighted by molar-refractivity contribution is 0.199. The Balaban J connectivity index is 1.71. The highest BCUT2D eigenvalue weighted by atomic mass is 15.1. The van der Waals surface area contributed by atoms with E-state index in [0.717, 1.165) is 0 Å². The molecule has 2 aliphatic rings. The minimum absolute atomic E-state index is 0.613. The van der Waals surface area contributed by atoms with Crippen molar-refractivity contribution in [2.24, 2.45) is 5.41 Å². The second-order valence-electron chi connectivity index (χ2n) is 7.12. The number of hydrogen-bond donors (Lipinski definition) is 1. The lowest BCUT2D eigenvalue weighted by Crippen LogP contribution is -2.39. The van der Waals surface area contributed by atoms with E-state index in [4.69, 9.17) is 0 Å². The van der Waals surface area contributed by atoms with Gasteiger partial charge in [-0.05, 0) is 61.8 Å². The van der Waals surface area contributed by atoms with Crippen LogP contribution in [0, 0.1) is 5.41 Å². The molecule has 116 valence electrons. The van der Waals surface area contributed by atoms with Crippen LogP contribution >= 0.6 is 0 Å². The van der Waals surface area contributed by atoms with Crippen LogP contribution in [0.4, 0.5) is 11.4 Å². The molecule has 0 bridgehead atoms. The number of rotatable bonds is 3. The molecule has 1 aromatic carbocycles. The fraction of sp³-hybridized carbons (Fsp3) is 0.684. The minimum atomic E-state index is 0.613. The molecule has 2 aliphatic heterocycles. The molecule has 21 heavy (non-hydrogen) atoms. The van der Waals surface area contributed by atoms with Crippen molar-refractivity contribution in [3.05, 3.63) is 23.8 Å². The summed E-state index contributed by atoms with van der Waals surface area (Å²) in [5, 5.41) is 3.60. The predicted octanol–water partition coefficient (Wildman–Crippen LogP) is 4.84. The molecular weight excluding hydrogens is 256 g/mol. The SMILES string of the molecule is CCC1(CC)CCN(c2ccc3c(c2)CCC(C)N3)CC1. The van der Waals surface area contributed by atoms with Gasteiger partial charge in [0, 0.05) is 30.5 Å². The third kappa shape index (κ3) is 2.90. The number of aryl methyl sites for hydroxylation is 1. The maximum atomic E-state index is 3.60. The van der Waals surface area contributed by atoms with Gasteiger partial charge in [-0.2, -0.15) is 0 Å². The molecule has 1 unspecified atom stereocenters. The van der Waals surface area contributed by atoms with Gasteiger partial charge in [0.1, 0.15) is 0 Å². The van der Waals surface area contributed by atoms with Crippen molar-refractivity contribution < 1.29 is 0 Å². The van der Waals surface area contributed by atoms with Gasteiger partial charge in [0.15, 0.2) is 0 Å². The maximum absolute atomic E-state index is 3.60. The monoisotopic (exact) mass is 286 g/mol. The Bertz CT molecular complexity index is 480. The van der Waals surface area contributed by atoms with E-state index >= 15 is 0 Å². The highest BCUT2D eigenvalue weighted by Crippen LogP contribution is 2.39. The largest absolute Gasteiger partial charge is 0.382 e. The average Bonchev–Trinajstić information content (AvgIpc) is 2.54. The third-order valence-electron chi connectivity index (χ3n) is 6.03. The van der Waals surface area contributed by atoms with Gasteiger partial charge in [0.25, 0.3) is 0 Å². The Morgan fingerprint density at radius 2 is 1.90 bits per heavy atom. The molecule has 1 fully saturated rings. The normalized spacial score (nSPS) is 24.3. The topological polar surface area (TPSA) is 15.3 Å². The van der Waals surface area contributed by atoms with Gasteiger partial charge in [0.05, 0.1) is 0 Å². The smallest absolute Gasteiger partial charge is 0.0376 e. The molecule has 0 radical (unpaired) electrons. The van der Waals surface area contributed by atoms with Gasteiger partial charge in [-0.25, -0.2) is 0 Å². The molecule has 0 saturated carbocycles. The first kappa shape index (κ1) is 14.7. The van der Waals surface area contributed by atoms with Crippen molar-refractivity contribution in [3.63, 3.8) is 0 Å². The molecule has 0 amide bonds. The van der Waals surface area contributed by atoms with Crippen LogP contribution in [0.2, 0.25) is 0 Å².